The van der Waals surface area contributed by atoms with E-state index in [9.17, 15) is 0 Å². The van der Waals surface area contributed by atoms with Gasteiger partial charge in [-0.05, 0) is 31.7 Å². The number of ether oxygens (including phenoxy) is 1. The second kappa shape index (κ2) is 6.01. The van der Waals surface area contributed by atoms with Gasteiger partial charge in [0.1, 0.15) is 5.82 Å². The van der Waals surface area contributed by atoms with Crippen LogP contribution < -0.4 is 5.32 Å². The maximum Gasteiger partial charge on any atom is 0.123 e. The van der Waals surface area contributed by atoms with Crippen molar-refractivity contribution >= 4 is 0 Å². The Hall–Kier alpha value is -0.870. The van der Waals surface area contributed by atoms with Gasteiger partial charge in [0.05, 0.1) is 6.04 Å². The first kappa shape index (κ1) is 11.6. The molecule has 1 atom stereocenters. The summed E-state index contributed by atoms with van der Waals surface area (Å²) in [6.07, 6.45) is 7.13. The van der Waals surface area contributed by atoms with E-state index in [1.165, 1.54) is 0 Å². The number of hydrogen-bond donors (Lipinski definition) is 2. The van der Waals surface area contributed by atoms with E-state index in [1.54, 1.807) is 0 Å². The van der Waals surface area contributed by atoms with Crippen molar-refractivity contribution in [3.05, 3.63) is 18.2 Å². The van der Waals surface area contributed by atoms with E-state index < -0.39 is 0 Å². The fraction of sp³-hybridized carbons (Fsp3) is 0.750. The van der Waals surface area contributed by atoms with Crippen LogP contribution in [0.25, 0.3) is 0 Å². The molecule has 0 bridgehead atoms. The molecule has 2 rings (SSSR count). The second-order valence-corrected chi connectivity index (χ2v) is 4.36. The van der Waals surface area contributed by atoms with Crippen molar-refractivity contribution in [1.29, 1.82) is 0 Å². The molecule has 4 nitrogen and oxygen atoms in total. The third kappa shape index (κ3) is 2.83. The highest BCUT2D eigenvalue weighted by Crippen LogP contribution is 2.28. The number of H-pyrrole nitrogens is 1. The molecule has 2 heterocycles. The summed E-state index contributed by atoms with van der Waals surface area (Å²) in [6.45, 7) is 5.00. The van der Waals surface area contributed by atoms with E-state index in [1.807, 2.05) is 12.4 Å². The average Bonchev–Trinajstić information content (AvgIpc) is 2.85. The molecular formula is C12H21N3O. The molecule has 1 aliphatic rings. The molecule has 0 radical (unpaired) electrons. The first-order valence-electron chi connectivity index (χ1n) is 6.22. The summed E-state index contributed by atoms with van der Waals surface area (Å²) in [5.74, 6) is 1.71. The lowest BCUT2D eigenvalue weighted by Crippen LogP contribution is -2.33. The zero-order chi connectivity index (χ0) is 11.2. The van der Waals surface area contributed by atoms with Crippen molar-refractivity contribution in [3.63, 3.8) is 0 Å². The molecule has 1 aliphatic heterocycles. The summed E-state index contributed by atoms with van der Waals surface area (Å²) in [6, 6.07) is 0.360. The lowest BCUT2D eigenvalue weighted by molar-refractivity contribution is 0.0526. The van der Waals surface area contributed by atoms with Gasteiger partial charge in [0.25, 0.3) is 0 Å². The van der Waals surface area contributed by atoms with Gasteiger partial charge >= 0.3 is 0 Å². The summed E-state index contributed by atoms with van der Waals surface area (Å²) in [5, 5.41) is 3.59. The first-order chi connectivity index (χ1) is 7.92. The summed E-state index contributed by atoms with van der Waals surface area (Å²) in [5.41, 5.74) is 0. The Labute approximate surface area is 96.8 Å². The van der Waals surface area contributed by atoms with Crippen LogP contribution in [0, 0.1) is 5.92 Å². The fourth-order valence-electron chi connectivity index (χ4n) is 2.28. The van der Waals surface area contributed by atoms with Crippen molar-refractivity contribution in [2.24, 2.45) is 5.92 Å². The lowest BCUT2D eigenvalue weighted by Gasteiger charge is -2.29. The van der Waals surface area contributed by atoms with Crippen LogP contribution in [0.4, 0.5) is 0 Å². The third-order valence-electron chi connectivity index (χ3n) is 3.17. The fourth-order valence-corrected chi connectivity index (χ4v) is 2.28. The Morgan fingerprint density at radius 1 is 1.56 bits per heavy atom. The van der Waals surface area contributed by atoms with Crippen LogP contribution in [0.5, 0.6) is 0 Å². The van der Waals surface area contributed by atoms with Crippen molar-refractivity contribution in [3.8, 4) is 0 Å². The highest BCUT2D eigenvalue weighted by molar-refractivity contribution is 4.98. The molecule has 1 aromatic rings. The number of rotatable bonds is 5. The van der Waals surface area contributed by atoms with Gasteiger partial charge in [-0.3, -0.25) is 0 Å². The second-order valence-electron chi connectivity index (χ2n) is 4.36. The summed E-state index contributed by atoms with van der Waals surface area (Å²) < 4.78 is 5.41. The Balaban J connectivity index is 2.01. The Morgan fingerprint density at radius 3 is 3.00 bits per heavy atom. The minimum Gasteiger partial charge on any atom is -0.381 e. The van der Waals surface area contributed by atoms with Crippen molar-refractivity contribution < 1.29 is 4.74 Å². The molecule has 0 aliphatic carbocycles. The molecule has 16 heavy (non-hydrogen) atoms. The highest BCUT2D eigenvalue weighted by atomic mass is 16.5. The predicted octanol–water partition coefficient (Wildman–Crippen LogP) is 1.88. The first-order valence-corrected chi connectivity index (χ1v) is 6.22. The van der Waals surface area contributed by atoms with Gasteiger partial charge < -0.3 is 15.0 Å². The van der Waals surface area contributed by atoms with Gasteiger partial charge in [-0.1, -0.05) is 6.92 Å². The van der Waals surface area contributed by atoms with E-state index >= 15 is 0 Å². The Morgan fingerprint density at radius 2 is 2.38 bits per heavy atom. The quantitative estimate of drug-likeness (QED) is 0.801. The monoisotopic (exact) mass is 223 g/mol. The van der Waals surface area contributed by atoms with Crippen molar-refractivity contribution in [2.45, 2.75) is 32.2 Å². The largest absolute Gasteiger partial charge is 0.381 e. The molecule has 90 valence electrons. The third-order valence-corrected chi connectivity index (χ3v) is 3.17. The summed E-state index contributed by atoms with van der Waals surface area (Å²) >= 11 is 0. The van der Waals surface area contributed by atoms with Crippen molar-refractivity contribution in [1.82, 2.24) is 15.3 Å². The number of imidazole rings is 1. The van der Waals surface area contributed by atoms with E-state index in [4.69, 9.17) is 4.74 Å². The van der Waals surface area contributed by atoms with Gasteiger partial charge in [0, 0.05) is 25.6 Å². The molecule has 2 N–H and O–H groups in total. The van der Waals surface area contributed by atoms with E-state index in [-0.39, 0.29) is 0 Å². The van der Waals surface area contributed by atoms with Gasteiger partial charge in [-0.2, -0.15) is 0 Å². The normalized spacial score (nSPS) is 19.8. The number of nitrogens with zero attached hydrogens (tertiary/aromatic N) is 1. The maximum atomic E-state index is 5.41. The van der Waals surface area contributed by atoms with Gasteiger partial charge in [0.2, 0.25) is 0 Å². The molecule has 1 fully saturated rings. The number of aromatic nitrogens is 2. The molecule has 1 saturated heterocycles. The predicted molar refractivity (Wildman–Crippen MR) is 63.2 cm³/mol. The van der Waals surface area contributed by atoms with Crippen LogP contribution in [0.3, 0.4) is 0 Å². The van der Waals surface area contributed by atoms with Crippen LogP contribution >= 0.6 is 0 Å². The standard InChI is InChI=1S/C12H21N3O/c1-2-5-13-11(12-14-6-7-15-12)10-3-8-16-9-4-10/h6-7,10-11,13H,2-5,8-9H2,1H3,(H,14,15). The summed E-state index contributed by atoms with van der Waals surface area (Å²) in [4.78, 5) is 7.61. The Kier molecular flexibility index (Phi) is 4.36. The van der Waals surface area contributed by atoms with E-state index in [2.05, 4.69) is 22.2 Å². The smallest absolute Gasteiger partial charge is 0.123 e. The summed E-state index contributed by atoms with van der Waals surface area (Å²) in [7, 11) is 0. The van der Waals surface area contributed by atoms with Gasteiger partial charge in [-0.15, -0.1) is 0 Å². The SMILES string of the molecule is CCCNC(c1ncc[nH]1)C1CCOCC1. The number of nitrogens with one attached hydrogen (secondary N) is 2. The van der Waals surface area contributed by atoms with Crippen LogP contribution in [-0.4, -0.2) is 29.7 Å². The molecule has 1 aromatic heterocycles. The van der Waals surface area contributed by atoms with Crippen molar-refractivity contribution in [2.75, 3.05) is 19.8 Å². The highest BCUT2D eigenvalue weighted by Gasteiger charge is 2.26. The van der Waals surface area contributed by atoms with Gasteiger partial charge in [0.15, 0.2) is 0 Å². The Bertz CT molecular complexity index is 280. The topological polar surface area (TPSA) is 49.9 Å². The molecule has 0 aromatic carbocycles. The number of hydrogen-bond acceptors (Lipinski definition) is 3. The molecule has 0 spiro atoms. The molecular weight excluding hydrogens is 202 g/mol. The molecule has 4 heteroatoms. The molecule has 0 saturated carbocycles. The zero-order valence-corrected chi connectivity index (χ0v) is 9.91. The zero-order valence-electron chi connectivity index (χ0n) is 9.91. The molecule has 1 unspecified atom stereocenters. The van der Waals surface area contributed by atoms with E-state index in [0.717, 1.165) is 44.8 Å². The van der Waals surface area contributed by atoms with Crippen LogP contribution in [0.2, 0.25) is 0 Å². The van der Waals surface area contributed by atoms with Gasteiger partial charge in [-0.25, -0.2) is 4.98 Å². The van der Waals surface area contributed by atoms with Crippen LogP contribution in [0.15, 0.2) is 12.4 Å². The average molecular weight is 223 g/mol. The number of aromatic amines is 1. The molecule has 0 amide bonds. The minimum absolute atomic E-state index is 0.360. The van der Waals surface area contributed by atoms with E-state index in [0.29, 0.717) is 12.0 Å². The lowest BCUT2D eigenvalue weighted by atomic mass is 9.91. The maximum absolute atomic E-state index is 5.41. The van der Waals surface area contributed by atoms with Crippen LogP contribution in [0.1, 0.15) is 38.1 Å². The van der Waals surface area contributed by atoms with Crippen LogP contribution in [-0.2, 0) is 4.74 Å². The minimum atomic E-state index is 0.360.